The van der Waals surface area contributed by atoms with Crippen LogP contribution in [0.1, 0.15) is 18.1 Å². The zero-order valence-corrected chi connectivity index (χ0v) is 16.2. The van der Waals surface area contributed by atoms with Crippen molar-refractivity contribution >= 4 is 17.0 Å². The summed E-state index contributed by atoms with van der Waals surface area (Å²) in [6, 6.07) is 6.20. The number of ether oxygens (including phenoxy) is 1. The van der Waals surface area contributed by atoms with E-state index in [-0.39, 0.29) is 13.2 Å². The lowest BCUT2D eigenvalue weighted by molar-refractivity contribution is 0.0562. The van der Waals surface area contributed by atoms with Crippen LogP contribution in [0.4, 0.5) is 5.82 Å². The van der Waals surface area contributed by atoms with Crippen LogP contribution in [0.15, 0.2) is 30.9 Å². The van der Waals surface area contributed by atoms with Crippen molar-refractivity contribution in [3.8, 4) is 5.75 Å². The third-order valence-corrected chi connectivity index (χ3v) is 5.42. The van der Waals surface area contributed by atoms with Crippen LogP contribution in [-0.2, 0) is 19.5 Å². The number of hydrogen-bond donors (Lipinski definition) is 2. The number of aliphatic hydroxyl groups excluding tert-OH is 2. The topological polar surface area (TPSA) is 96.5 Å². The number of anilines is 1. The van der Waals surface area contributed by atoms with Gasteiger partial charge in [0.2, 0.25) is 0 Å². The lowest BCUT2D eigenvalue weighted by Gasteiger charge is -2.30. The number of benzene rings is 1. The summed E-state index contributed by atoms with van der Waals surface area (Å²) in [4.78, 5) is 15.7. The maximum absolute atomic E-state index is 9.61. The molecule has 0 aliphatic carbocycles. The Kier molecular flexibility index (Phi) is 4.91. The van der Waals surface area contributed by atoms with E-state index in [9.17, 15) is 10.2 Å². The summed E-state index contributed by atoms with van der Waals surface area (Å²) in [5.74, 6) is 1.65. The lowest BCUT2D eigenvalue weighted by atomic mass is 9.93. The lowest BCUT2D eigenvalue weighted by Crippen LogP contribution is -2.32. The van der Waals surface area contributed by atoms with E-state index in [1.54, 1.807) is 19.8 Å². The molecule has 0 atom stereocenters. The van der Waals surface area contributed by atoms with E-state index in [1.807, 2.05) is 17.6 Å². The number of imidazole rings is 1. The number of hydrogen-bond acceptors (Lipinski definition) is 7. The van der Waals surface area contributed by atoms with Crippen molar-refractivity contribution in [1.29, 1.82) is 0 Å². The summed E-state index contributed by atoms with van der Waals surface area (Å²) in [7, 11) is 1.68. The van der Waals surface area contributed by atoms with E-state index in [1.165, 1.54) is 11.1 Å². The Hall–Kier alpha value is -2.71. The average Bonchev–Trinajstić information content (AvgIpc) is 3.15. The minimum absolute atomic E-state index is 0.119. The summed E-state index contributed by atoms with van der Waals surface area (Å²) in [6.45, 7) is 3.60. The molecule has 1 aliphatic rings. The highest BCUT2D eigenvalue weighted by atomic mass is 16.5. The van der Waals surface area contributed by atoms with Crippen LogP contribution in [-0.4, -0.2) is 56.6 Å². The molecule has 1 aliphatic heterocycles. The molecule has 0 saturated heterocycles. The van der Waals surface area contributed by atoms with E-state index in [0.717, 1.165) is 36.6 Å². The van der Waals surface area contributed by atoms with Gasteiger partial charge in [0.25, 0.3) is 0 Å². The summed E-state index contributed by atoms with van der Waals surface area (Å²) < 4.78 is 7.23. The molecule has 0 saturated carbocycles. The van der Waals surface area contributed by atoms with Gasteiger partial charge in [0.1, 0.15) is 12.1 Å². The quantitative estimate of drug-likeness (QED) is 0.664. The fraction of sp³-hybridized carbons (Fsp3) is 0.450. The summed E-state index contributed by atoms with van der Waals surface area (Å²) >= 11 is 0. The first-order valence-corrected chi connectivity index (χ1v) is 9.35. The summed E-state index contributed by atoms with van der Waals surface area (Å²) in [5, 5.41) is 19.2. The van der Waals surface area contributed by atoms with Gasteiger partial charge < -0.3 is 24.4 Å². The van der Waals surface area contributed by atoms with Gasteiger partial charge >= 0.3 is 0 Å². The van der Waals surface area contributed by atoms with Crippen LogP contribution in [0.25, 0.3) is 11.2 Å². The standard InChI is InChI=1S/C20H25N5O3/c1-20(10-26,11-27)9-25-13-23-17-18(21-12-22-19(17)25)24-6-5-14-3-4-16(28-2)7-15(14)8-24/h3-4,7,12-13,26-27H,5-6,8-11H2,1-2H3. The molecule has 4 rings (SSSR count). The molecule has 8 heteroatoms. The zero-order valence-electron chi connectivity index (χ0n) is 16.2. The summed E-state index contributed by atoms with van der Waals surface area (Å²) in [5.41, 5.74) is 3.35. The molecule has 1 aromatic carbocycles. The van der Waals surface area contributed by atoms with Crippen LogP contribution >= 0.6 is 0 Å². The molecule has 0 fully saturated rings. The monoisotopic (exact) mass is 383 g/mol. The van der Waals surface area contributed by atoms with E-state index in [2.05, 4.69) is 32.0 Å². The fourth-order valence-corrected chi connectivity index (χ4v) is 3.62. The Bertz CT molecular complexity index is 983. The maximum atomic E-state index is 9.61. The number of methoxy groups -OCH3 is 1. The Morgan fingerprint density at radius 3 is 2.71 bits per heavy atom. The van der Waals surface area contributed by atoms with Crippen LogP contribution in [0.3, 0.4) is 0 Å². The van der Waals surface area contributed by atoms with Crippen LogP contribution in [0, 0.1) is 5.41 Å². The van der Waals surface area contributed by atoms with Gasteiger partial charge in [-0.1, -0.05) is 13.0 Å². The van der Waals surface area contributed by atoms with Crippen LogP contribution in [0.2, 0.25) is 0 Å². The van der Waals surface area contributed by atoms with Gasteiger partial charge in [0.15, 0.2) is 17.0 Å². The third kappa shape index (κ3) is 3.29. The Morgan fingerprint density at radius 2 is 1.96 bits per heavy atom. The largest absolute Gasteiger partial charge is 0.497 e. The Balaban J connectivity index is 1.66. The molecule has 0 unspecified atom stereocenters. The van der Waals surface area contributed by atoms with Gasteiger partial charge in [-0.15, -0.1) is 0 Å². The highest BCUT2D eigenvalue weighted by Crippen LogP contribution is 2.30. The van der Waals surface area contributed by atoms with E-state index in [4.69, 9.17) is 4.74 Å². The molecule has 2 aromatic heterocycles. The SMILES string of the molecule is COc1ccc2c(c1)CN(c1ncnc3c1ncn3CC(C)(CO)CO)CC2. The van der Waals surface area contributed by atoms with Gasteiger partial charge in [-0.25, -0.2) is 15.0 Å². The van der Waals surface area contributed by atoms with Gasteiger partial charge in [-0.2, -0.15) is 0 Å². The first-order chi connectivity index (χ1) is 13.6. The number of aliphatic hydroxyl groups is 2. The molecule has 8 nitrogen and oxygen atoms in total. The normalized spacial score (nSPS) is 14.4. The van der Waals surface area contributed by atoms with Crippen LogP contribution < -0.4 is 9.64 Å². The molecule has 148 valence electrons. The van der Waals surface area contributed by atoms with Crippen molar-refractivity contribution in [1.82, 2.24) is 19.5 Å². The Morgan fingerprint density at radius 1 is 1.14 bits per heavy atom. The minimum atomic E-state index is -0.640. The minimum Gasteiger partial charge on any atom is -0.497 e. The molecule has 0 radical (unpaired) electrons. The predicted octanol–water partition coefficient (Wildman–Crippen LogP) is 1.39. The predicted molar refractivity (Wildman–Crippen MR) is 105 cm³/mol. The highest BCUT2D eigenvalue weighted by Gasteiger charge is 2.26. The van der Waals surface area contributed by atoms with Crippen molar-refractivity contribution in [2.45, 2.75) is 26.4 Å². The zero-order chi connectivity index (χ0) is 19.7. The van der Waals surface area contributed by atoms with Gasteiger partial charge in [-0.05, 0) is 29.7 Å². The fourth-order valence-electron chi connectivity index (χ4n) is 3.62. The van der Waals surface area contributed by atoms with Crippen molar-refractivity contribution in [3.63, 3.8) is 0 Å². The second-order valence-corrected chi connectivity index (χ2v) is 7.68. The first kappa shape index (κ1) is 18.6. The van der Waals surface area contributed by atoms with Crippen molar-refractivity contribution in [2.24, 2.45) is 5.41 Å². The number of fused-ring (bicyclic) bond motifs is 2. The molecule has 0 bridgehead atoms. The smallest absolute Gasteiger partial charge is 0.165 e. The molecule has 0 spiro atoms. The third-order valence-electron chi connectivity index (χ3n) is 5.42. The number of nitrogens with zero attached hydrogens (tertiary/aromatic N) is 5. The molecule has 28 heavy (non-hydrogen) atoms. The highest BCUT2D eigenvalue weighted by molar-refractivity contribution is 5.83. The molecular formula is C20H25N5O3. The first-order valence-electron chi connectivity index (χ1n) is 9.35. The number of aromatic nitrogens is 4. The number of rotatable bonds is 6. The van der Waals surface area contributed by atoms with Crippen molar-refractivity contribution < 1.29 is 14.9 Å². The van der Waals surface area contributed by atoms with E-state index >= 15 is 0 Å². The molecule has 0 amide bonds. The second kappa shape index (κ2) is 7.37. The van der Waals surface area contributed by atoms with Crippen molar-refractivity contribution in [3.05, 3.63) is 42.0 Å². The molecule has 3 heterocycles. The Labute approximate surface area is 163 Å². The molecule has 3 aromatic rings. The van der Waals surface area contributed by atoms with Gasteiger partial charge in [0.05, 0.1) is 26.7 Å². The van der Waals surface area contributed by atoms with Gasteiger partial charge in [0, 0.05) is 25.0 Å². The maximum Gasteiger partial charge on any atom is 0.165 e. The second-order valence-electron chi connectivity index (χ2n) is 7.68. The van der Waals surface area contributed by atoms with Gasteiger partial charge in [-0.3, -0.25) is 0 Å². The van der Waals surface area contributed by atoms with E-state index in [0.29, 0.717) is 12.2 Å². The summed E-state index contributed by atoms with van der Waals surface area (Å²) in [6.07, 6.45) is 4.18. The molecular weight excluding hydrogens is 358 g/mol. The van der Waals surface area contributed by atoms with Crippen molar-refractivity contribution in [2.75, 3.05) is 31.8 Å². The van der Waals surface area contributed by atoms with Crippen LogP contribution in [0.5, 0.6) is 5.75 Å². The average molecular weight is 383 g/mol. The van der Waals surface area contributed by atoms with E-state index < -0.39 is 5.41 Å². The molecule has 2 N–H and O–H groups in total.